The van der Waals surface area contributed by atoms with Gasteiger partial charge in [0.25, 0.3) is 11.2 Å². The Morgan fingerprint density at radius 2 is 2.12 bits per heavy atom. The van der Waals surface area contributed by atoms with Crippen molar-refractivity contribution >= 4 is 16.7 Å². The molecule has 3 heterocycles. The van der Waals surface area contributed by atoms with Crippen LogP contribution < -0.4 is 15.0 Å². The normalized spacial score (nSPS) is 14.8. The van der Waals surface area contributed by atoms with Gasteiger partial charge in [0, 0.05) is 23.6 Å². The summed E-state index contributed by atoms with van der Waals surface area (Å²) in [7, 11) is 0. The predicted octanol–water partition coefficient (Wildman–Crippen LogP) is 3.26. The second kappa shape index (κ2) is 8.05. The van der Waals surface area contributed by atoms with Gasteiger partial charge < -0.3 is 9.47 Å². The summed E-state index contributed by atoms with van der Waals surface area (Å²) in [6, 6.07) is 10.1. The molecule has 0 bridgehead atoms. The van der Waals surface area contributed by atoms with E-state index in [0.29, 0.717) is 12.4 Å². The molecule has 0 radical (unpaired) electrons. The van der Waals surface area contributed by atoms with E-state index < -0.39 is 4.92 Å². The van der Waals surface area contributed by atoms with Crippen molar-refractivity contribution in [3.63, 3.8) is 0 Å². The summed E-state index contributed by atoms with van der Waals surface area (Å²) in [5.74, 6) is 1.50. The third-order valence-corrected chi connectivity index (χ3v) is 5.58. The molecule has 1 aliphatic heterocycles. The summed E-state index contributed by atoms with van der Waals surface area (Å²) in [5, 5.41) is 15.9. The Labute approximate surface area is 188 Å². The summed E-state index contributed by atoms with van der Waals surface area (Å²) in [6.45, 7) is 4.65. The second-order valence-corrected chi connectivity index (χ2v) is 7.85. The van der Waals surface area contributed by atoms with Crippen LogP contribution in [0.5, 0.6) is 11.5 Å². The van der Waals surface area contributed by atoms with E-state index >= 15 is 0 Å². The van der Waals surface area contributed by atoms with E-state index in [2.05, 4.69) is 10.1 Å². The van der Waals surface area contributed by atoms with Crippen LogP contribution in [-0.2, 0) is 13.0 Å². The lowest BCUT2D eigenvalue weighted by Gasteiger charge is -2.14. The second-order valence-electron chi connectivity index (χ2n) is 7.85. The molecule has 1 aliphatic rings. The van der Waals surface area contributed by atoms with Crippen molar-refractivity contribution in [2.45, 2.75) is 32.9 Å². The van der Waals surface area contributed by atoms with E-state index in [-0.39, 0.29) is 40.6 Å². The first kappa shape index (κ1) is 20.7. The smallest absolute Gasteiger partial charge is 0.294 e. The number of nitro benzene ring substituents is 1. The minimum Gasteiger partial charge on any atom is -0.494 e. The average Bonchev–Trinajstić information content (AvgIpc) is 3.38. The van der Waals surface area contributed by atoms with Gasteiger partial charge in [-0.25, -0.2) is 9.67 Å². The number of fused-ring (bicyclic) bond motifs is 2. The van der Waals surface area contributed by atoms with Crippen LogP contribution in [0.1, 0.15) is 25.0 Å². The first-order chi connectivity index (χ1) is 16.0. The highest BCUT2D eigenvalue weighted by Crippen LogP contribution is 2.35. The van der Waals surface area contributed by atoms with Gasteiger partial charge in [0.1, 0.15) is 35.0 Å². The standard InChI is InChI=1S/C23H21N5O5/c1-3-32-20-9-15-8-14(2)33-21(15)10-16(20)12-26-13-24-22-17(23(26)29)11-25-27(22)18-6-4-5-7-19(18)28(30)31/h4-7,9-11,13-14H,3,8,12H2,1-2H3. The largest absolute Gasteiger partial charge is 0.494 e. The highest BCUT2D eigenvalue weighted by atomic mass is 16.6. The number of benzene rings is 2. The van der Waals surface area contributed by atoms with Gasteiger partial charge >= 0.3 is 0 Å². The molecule has 1 unspecified atom stereocenters. The van der Waals surface area contributed by atoms with Crippen molar-refractivity contribution in [1.82, 2.24) is 19.3 Å². The van der Waals surface area contributed by atoms with Gasteiger partial charge in [0.05, 0.1) is 24.3 Å². The third-order valence-electron chi connectivity index (χ3n) is 5.58. The monoisotopic (exact) mass is 447 g/mol. The SMILES string of the molecule is CCOc1cc2c(cc1Cn1cnc3c(cnn3-c3ccccc3[N+](=O)[O-])c1=O)OC(C)C2. The Kier molecular flexibility index (Phi) is 5.04. The molecule has 33 heavy (non-hydrogen) atoms. The molecule has 5 rings (SSSR count). The van der Waals surface area contributed by atoms with E-state index in [1.165, 1.54) is 27.8 Å². The van der Waals surface area contributed by atoms with Crippen molar-refractivity contribution in [1.29, 1.82) is 0 Å². The van der Waals surface area contributed by atoms with Crippen LogP contribution in [0.15, 0.2) is 53.7 Å². The number of nitrogens with zero attached hydrogens (tertiary/aromatic N) is 5. The number of rotatable bonds is 6. The molecule has 2 aromatic heterocycles. The fourth-order valence-corrected chi connectivity index (χ4v) is 4.11. The summed E-state index contributed by atoms with van der Waals surface area (Å²) < 4.78 is 14.5. The zero-order chi connectivity index (χ0) is 23.1. The number of hydrogen-bond donors (Lipinski definition) is 0. The van der Waals surface area contributed by atoms with Gasteiger partial charge in [0.15, 0.2) is 5.65 Å². The Bertz CT molecular complexity index is 1440. The number of nitro groups is 1. The lowest BCUT2D eigenvalue weighted by Crippen LogP contribution is -2.21. The topological polar surface area (TPSA) is 114 Å². The van der Waals surface area contributed by atoms with E-state index in [4.69, 9.17) is 9.47 Å². The Morgan fingerprint density at radius 1 is 1.30 bits per heavy atom. The molecule has 10 nitrogen and oxygen atoms in total. The minimum absolute atomic E-state index is 0.0957. The summed E-state index contributed by atoms with van der Waals surface area (Å²) in [6.07, 6.45) is 3.71. The molecule has 0 saturated heterocycles. The van der Waals surface area contributed by atoms with Crippen LogP contribution in [0.25, 0.3) is 16.7 Å². The maximum absolute atomic E-state index is 13.2. The molecular formula is C23H21N5O5. The van der Waals surface area contributed by atoms with E-state index in [1.54, 1.807) is 18.2 Å². The molecule has 2 aromatic carbocycles. The summed E-state index contributed by atoms with van der Waals surface area (Å²) in [4.78, 5) is 28.5. The Morgan fingerprint density at radius 3 is 2.91 bits per heavy atom. The van der Waals surface area contributed by atoms with Crippen molar-refractivity contribution in [2.24, 2.45) is 0 Å². The van der Waals surface area contributed by atoms with E-state index in [0.717, 1.165) is 23.3 Å². The van der Waals surface area contributed by atoms with Crippen LogP contribution in [0.2, 0.25) is 0 Å². The maximum Gasteiger partial charge on any atom is 0.294 e. The van der Waals surface area contributed by atoms with Crippen molar-refractivity contribution < 1.29 is 14.4 Å². The lowest BCUT2D eigenvalue weighted by atomic mass is 10.1. The molecule has 0 fully saturated rings. The minimum atomic E-state index is -0.490. The molecule has 10 heteroatoms. The zero-order valence-corrected chi connectivity index (χ0v) is 18.1. The zero-order valence-electron chi connectivity index (χ0n) is 18.1. The lowest BCUT2D eigenvalue weighted by molar-refractivity contribution is -0.384. The van der Waals surface area contributed by atoms with Gasteiger partial charge in [-0.3, -0.25) is 19.5 Å². The third kappa shape index (κ3) is 3.59. The predicted molar refractivity (Wildman–Crippen MR) is 120 cm³/mol. The van der Waals surface area contributed by atoms with Gasteiger partial charge in [-0.1, -0.05) is 12.1 Å². The van der Waals surface area contributed by atoms with E-state index in [1.807, 2.05) is 26.0 Å². The maximum atomic E-state index is 13.2. The first-order valence-corrected chi connectivity index (χ1v) is 10.6. The highest BCUT2D eigenvalue weighted by Gasteiger charge is 2.23. The van der Waals surface area contributed by atoms with Crippen LogP contribution in [0.3, 0.4) is 0 Å². The fraction of sp³-hybridized carbons (Fsp3) is 0.261. The number of ether oxygens (including phenoxy) is 2. The number of para-hydroxylation sites is 2. The van der Waals surface area contributed by atoms with Crippen LogP contribution in [-0.4, -0.2) is 37.0 Å². The van der Waals surface area contributed by atoms with Crippen LogP contribution in [0.4, 0.5) is 5.69 Å². The molecule has 0 saturated carbocycles. The molecule has 1 atom stereocenters. The number of aromatic nitrogens is 4. The molecule has 168 valence electrons. The van der Waals surface area contributed by atoms with Gasteiger partial charge in [0.2, 0.25) is 0 Å². The summed E-state index contributed by atoms with van der Waals surface area (Å²) in [5.41, 5.74) is 1.96. The molecule has 0 aliphatic carbocycles. The molecular weight excluding hydrogens is 426 g/mol. The quantitative estimate of drug-likeness (QED) is 0.329. The van der Waals surface area contributed by atoms with Gasteiger partial charge in [-0.05, 0) is 32.0 Å². The Balaban J connectivity index is 1.56. The van der Waals surface area contributed by atoms with Gasteiger partial charge in [-0.15, -0.1) is 0 Å². The molecule has 0 amide bonds. The molecule has 0 spiro atoms. The van der Waals surface area contributed by atoms with Crippen LogP contribution >= 0.6 is 0 Å². The number of hydrogen-bond acceptors (Lipinski definition) is 7. The molecule has 4 aromatic rings. The van der Waals surface area contributed by atoms with E-state index in [9.17, 15) is 14.9 Å². The van der Waals surface area contributed by atoms with Crippen molar-refractivity contribution in [3.05, 3.63) is 80.5 Å². The van der Waals surface area contributed by atoms with Crippen molar-refractivity contribution in [2.75, 3.05) is 6.61 Å². The van der Waals surface area contributed by atoms with Crippen LogP contribution in [0, 0.1) is 10.1 Å². The van der Waals surface area contributed by atoms with Crippen molar-refractivity contribution in [3.8, 4) is 17.2 Å². The Hall–Kier alpha value is -4.21. The summed E-state index contributed by atoms with van der Waals surface area (Å²) >= 11 is 0. The average molecular weight is 447 g/mol. The molecule has 0 N–H and O–H groups in total. The highest BCUT2D eigenvalue weighted by molar-refractivity contribution is 5.76. The first-order valence-electron chi connectivity index (χ1n) is 10.6. The fourth-order valence-electron chi connectivity index (χ4n) is 4.11. The van der Waals surface area contributed by atoms with Gasteiger partial charge in [-0.2, -0.15) is 5.10 Å².